The molecule has 0 unspecified atom stereocenters. The Morgan fingerprint density at radius 1 is 1.06 bits per heavy atom. The van der Waals surface area contributed by atoms with Gasteiger partial charge in [0.05, 0.1) is 11.9 Å². The van der Waals surface area contributed by atoms with Crippen LogP contribution in [0.25, 0.3) is 0 Å². The number of benzene rings is 2. The molecule has 0 aromatic heterocycles. The maximum Gasteiger partial charge on any atom is 0.244 e. The molecule has 10 heteroatoms. The highest BCUT2D eigenvalue weighted by Crippen LogP contribution is 2.21. The molecule has 2 rings (SSSR count). The van der Waals surface area contributed by atoms with E-state index in [4.69, 9.17) is 11.6 Å². The van der Waals surface area contributed by atoms with Gasteiger partial charge in [-0.25, -0.2) is 12.8 Å². The van der Waals surface area contributed by atoms with E-state index < -0.39 is 45.8 Å². The number of carbonyl (C=O) groups is 2. The molecule has 0 aliphatic heterocycles. The number of halogens is 2. The monoisotopic (exact) mass is 497 g/mol. The molecule has 2 aromatic rings. The fraction of sp³-hybridized carbons (Fsp3) is 0.391. The molecule has 1 atom stereocenters. The van der Waals surface area contributed by atoms with Gasteiger partial charge in [-0.05, 0) is 69.7 Å². The number of hydrogen-bond acceptors (Lipinski definition) is 4. The predicted octanol–water partition coefficient (Wildman–Crippen LogP) is 3.58. The number of hydrogen-bond donors (Lipinski definition) is 1. The molecule has 7 nitrogen and oxygen atoms in total. The zero-order chi connectivity index (χ0) is 25.0. The van der Waals surface area contributed by atoms with E-state index >= 15 is 0 Å². The van der Waals surface area contributed by atoms with Crippen LogP contribution in [0.1, 0.15) is 33.3 Å². The van der Waals surface area contributed by atoms with Crippen molar-refractivity contribution in [1.82, 2.24) is 10.2 Å². The zero-order valence-electron chi connectivity index (χ0n) is 19.3. The smallest absolute Gasteiger partial charge is 0.244 e. The molecular formula is C23H29ClFN3O4S. The second kappa shape index (κ2) is 10.5. The van der Waals surface area contributed by atoms with Crippen molar-refractivity contribution in [3.8, 4) is 0 Å². The van der Waals surface area contributed by atoms with Crippen LogP contribution < -0.4 is 9.62 Å². The molecule has 0 saturated carbocycles. The molecule has 0 fully saturated rings. The molecule has 33 heavy (non-hydrogen) atoms. The SMILES string of the molecule is C[C@@H](C(=O)NC(C)(C)C)N(Cc1ccc(F)cc1)C(=O)CN(c1ccc(Cl)cc1)S(C)(=O)=O. The molecule has 1 N–H and O–H groups in total. The summed E-state index contributed by atoms with van der Waals surface area (Å²) in [6, 6.07) is 10.7. The Bertz CT molecular complexity index is 1080. The lowest BCUT2D eigenvalue weighted by Gasteiger charge is -2.33. The summed E-state index contributed by atoms with van der Waals surface area (Å²) in [6.45, 7) is 6.49. The molecule has 0 saturated heterocycles. The Labute approximate surface area is 199 Å². The first-order valence-corrected chi connectivity index (χ1v) is 12.5. The summed E-state index contributed by atoms with van der Waals surface area (Å²) in [5.41, 5.74) is 0.333. The lowest BCUT2D eigenvalue weighted by molar-refractivity contribution is -0.140. The van der Waals surface area contributed by atoms with Crippen LogP contribution in [0.15, 0.2) is 48.5 Å². The van der Waals surface area contributed by atoms with E-state index in [0.29, 0.717) is 10.6 Å². The second-order valence-electron chi connectivity index (χ2n) is 8.81. The average molecular weight is 498 g/mol. The van der Waals surface area contributed by atoms with Gasteiger partial charge in [0.25, 0.3) is 0 Å². The molecule has 180 valence electrons. The summed E-state index contributed by atoms with van der Waals surface area (Å²) in [6.07, 6.45) is 0.995. The predicted molar refractivity (Wildman–Crippen MR) is 128 cm³/mol. The largest absolute Gasteiger partial charge is 0.350 e. The minimum Gasteiger partial charge on any atom is -0.350 e. The van der Waals surface area contributed by atoms with Crippen molar-refractivity contribution < 1.29 is 22.4 Å². The van der Waals surface area contributed by atoms with Crippen LogP contribution in [-0.2, 0) is 26.2 Å². The van der Waals surface area contributed by atoms with Crippen LogP contribution in [0.4, 0.5) is 10.1 Å². The number of anilines is 1. The highest BCUT2D eigenvalue weighted by molar-refractivity contribution is 7.92. The van der Waals surface area contributed by atoms with Crippen LogP contribution in [0.3, 0.4) is 0 Å². The summed E-state index contributed by atoms with van der Waals surface area (Å²) in [4.78, 5) is 27.5. The number of nitrogens with zero attached hydrogens (tertiary/aromatic N) is 2. The maximum absolute atomic E-state index is 13.4. The Morgan fingerprint density at radius 3 is 2.09 bits per heavy atom. The molecule has 2 amide bonds. The summed E-state index contributed by atoms with van der Waals surface area (Å²) >= 11 is 5.90. The number of rotatable bonds is 8. The average Bonchev–Trinajstić information content (AvgIpc) is 2.69. The molecule has 0 aliphatic rings. The standard InChI is InChI=1S/C23H29ClFN3O4S/c1-16(22(30)26-23(2,3)4)27(14-17-6-10-19(25)11-7-17)21(29)15-28(33(5,31)32)20-12-8-18(24)9-13-20/h6-13,16H,14-15H2,1-5H3,(H,26,30)/t16-/m0/s1. The fourth-order valence-electron chi connectivity index (χ4n) is 3.06. The topological polar surface area (TPSA) is 86.8 Å². The number of nitrogens with one attached hydrogen (secondary N) is 1. The number of sulfonamides is 1. The van der Waals surface area contributed by atoms with Crippen LogP contribution in [0, 0.1) is 5.82 Å². The quantitative estimate of drug-likeness (QED) is 0.604. The number of amides is 2. The summed E-state index contributed by atoms with van der Waals surface area (Å²) in [5, 5.41) is 3.25. The Kier molecular flexibility index (Phi) is 8.48. The van der Waals surface area contributed by atoms with E-state index in [9.17, 15) is 22.4 Å². The van der Waals surface area contributed by atoms with Gasteiger partial charge in [-0.3, -0.25) is 13.9 Å². The van der Waals surface area contributed by atoms with E-state index in [1.165, 1.54) is 53.4 Å². The minimum atomic E-state index is -3.82. The fourth-order valence-corrected chi connectivity index (χ4v) is 4.04. The molecule has 0 aliphatic carbocycles. The van der Waals surface area contributed by atoms with E-state index in [1.54, 1.807) is 6.92 Å². The van der Waals surface area contributed by atoms with E-state index in [2.05, 4.69) is 5.32 Å². The molecular weight excluding hydrogens is 469 g/mol. The second-order valence-corrected chi connectivity index (χ2v) is 11.2. The maximum atomic E-state index is 13.4. The van der Waals surface area contributed by atoms with Gasteiger partial charge in [0.15, 0.2) is 0 Å². The van der Waals surface area contributed by atoms with Gasteiger partial charge in [-0.1, -0.05) is 23.7 Å². The zero-order valence-corrected chi connectivity index (χ0v) is 20.9. The first-order valence-electron chi connectivity index (χ1n) is 10.3. The third kappa shape index (κ3) is 8.01. The van der Waals surface area contributed by atoms with Crippen LogP contribution in [-0.4, -0.2) is 49.5 Å². The summed E-state index contributed by atoms with van der Waals surface area (Å²) in [5.74, 6) is -1.41. The lowest BCUT2D eigenvalue weighted by Crippen LogP contribution is -2.54. The Hall–Kier alpha value is -2.65. The Balaban J connectivity index is 2.38. The molecule has 0 radical (unpaired) electrons. The van der Waals surface area contributed by atoms with Gasteiger partial charge in [-0.2, -0.15) is 0 Å². The number of carbonyl (C=O) groups excluding carboxylic acids is 2. The van der Waals surface area contributed by atoms with E-state index in [-0.39, 0.29) is 12.2 Å². The van der Waals surface area contributed by atoms with Gasteiger partial charge in [-0.15, -0.1) is 0 Å². The molecule has 0 heterocycles. The van der Waals surface area contributed by atoms with Crippen molar-refractivity contribution >= 4 is 39.1 Å². The first-order chi connectivity index (χ1) is 15.2. The van der Waals surface area contributed by atoms with Gasteiger partial charge in [0.1, 0.15) is 18.4 Å². The highest BCUT2D eigenvalue weighted by Gasteiger charge is 2.31. The van der Waals surface area contributed by atoms with Crippen LogP contribution in [0.2, 0.25) is 5.02 Å². The van der Waals surface area contributed by atoms with Crippen LogP contribution >= 0.6 is 11.6 Å². The van der Waals surface area contributed by atoms with Gasteiger partial charge in [0, 0.05) is 17.1 Å². The summed E-state index contributed by atoms with van der Waals surface area (Å²) in [7, 11) is -3.82. The van der Waals surface area contributed by atoms with Gasteiger partial charge in [0.2, 0.25) is 21.8 Å². The van der Waals surface area contributed by atoms with Crippen molar-refractivity contribution in [2.75, 3.05) is 17.1 Å². The van der Waals surface area contributed by atoms with Crippen molar-refractivity contribution in [3.63, 3.8) is 0 Å². The van der Waals surface area contributed by atoms with Crippen molar-refractivity contribution in [1.29, 1.82) is 0 Å². The van der Waals surface area contributed by atoms with E-state index in [0.717, 1.165) is 10.6 Å². The van der Waals surface area contributed by atoms with Crippen molar-refractivity contribution in [2.45, 2.75) is 45.8 Å². The molecule has 0 bridgehead atoms. The van der Waals surface area contributed by atoms with Gasteiger partial charge < -0.3 is 10.2 Å². The third-order valence-corrected chi connectivity index (χ3v) is 6.12. The summed E-state index contributed by atoms with van der Waals surface area (Å²) < 4.78 is 39.2. The lowest BCUT2D eigenvalue weighted by atomic mass is 10.1. The third-order valence-electron chi connectivity index (χ3n) is 4.73. The highest BCUT2D eigenvalue weighted by atomic mass is 35.5. The van der Waals surface area contributed by atoms with Crippen LogP contribution in [0.5, 0.6) is 0 Å². The normalized spacial score (nSPS) is 12.7. The molecule has 0 spiro atoms. The van der Waals surface area contributed by atoms with E-state index in [1.807, 2.05) is 20.8 Å². The van der Waals surface area contributed by atoms with Crippen molar-refractivity contribution in [3.05, 3.63) is 64.9 Å². The Morgan fingerprint density at radius 2 is 1.61 bits per heavy atom. The van der Waals surface area contributed by atoms with Gasteiger partial charge >= 0.3 is 0 Å². The van der Waals surface area contributed by atoms with Crippen molar-refractivity contribution in [2.24, 2.45) is 0 Å². The minimum absolute atomic E-state index is 0.00391. The molecule has 2 aromatic carbocycles. The first kappa shape index (κ1) is 26.6.